The molecule has 0 aliphatic rings. The zero-order valence-corrected chi connectivity index (χ0v) is 13.1. The van der Waals surface area contributed by atoms with Gasteiger partial charge in [-0.05, 0) is 30.2 Å². The Hall–Kier alpha value is -0.930. The van der Waals surface area contributed by atoms with E-state index in [9.17, 15) is 0 Å². The normalized spacial score (nSPS) is 12.2. The van der Waals surface area contributed by atoms with Crippen molar-refractivity contribution in [3.05, 3.63) is 62.6 Å². The lowest BCUT2D eigenvalue weighted by Crippen LogP contribution is -2.14. The Morgan fingerprint density at radius 2 is 1.90 bits per heavy atom. The summed E-state index contributed by atoms with van der Waals surface area (Å²) in [5.74, 6) is 0.670. The van der Waals surface area contributed by atoms with Gasteiger partial charge in [-0.15, -0.1) is 0 Å². The molecule has 0 saturated carbocycles. The van der Waals surface area contributed by atoms with Crippen molar-refractivity contribution in [2.24, 2.45) is 5.73 Å². The number of ether oxygens (including phenoxy) is 1. The zero-order valence-electron chi connectivity index (χ0n) is 10.9. The van der Waals surface area contributed by atoms with E-state index >= 15 is 0 Å². The van der Waals surface area contributed by atoms with E-state index < -0.39 is 0 Å². The van der Waals surface area contributed by atoms with Gasteiger partial charge in [-0.25, -0.2) is 0 Å². The van der Waals surface area contributed by atoms with E-state index in [0.29, 0.717) is 27.2 Å². The highest BCUT2D eigenvalue weighted by molar-refractivity contribution is 6.42. The van der Waals surface area contributed by atoms with Crippen LogP contribution >= 0.6 is 34.8 Å². The Balaban J connectivity index is 2.28. The molecule has 2 nitrogen and oxygen atoms in total. The van der Waals surface area contributed by atoms with Gasteiger partial charge in [0.05, 0.1) is 17.2 Å². The summed E-state index contributed by atoms with van der Waals surface area (Å²) in [4.78, 5) is 0. The summed E-state index contributed by atoms with van der Waals surface area (Å²) in [6.45, 7) is 0. The summed E-state index contributed by atoms with van der Waals surface area (Å²) in [6.07, 6.45) is 0.567. The molecular formula is C15H14Cl3NO. The largest absolute Gasteiger partial charge is 0.496 e. The summed E-state index contributed by atoms with van der Waals surface area (Å²) in [5.41, 5.74) is 8.04. The average molecular weight is 331 g/mol. The number of hydrogen-bond acceptors (Lipinski definition) is 2. The van der Waals surface area contributed by atoms with Crippen LogP contribution in [0.5, 0.6) is 5.75 Å². The highest BCUT2D eigenvalue weighted by atomic mass is 35.5. The maximum atomic E-state index is 6.25. The third kappa shape index (κ3) is 3.39. The van der Waals surface area contributed by atoms with E-state index in [4.69, 9.17) is 45.3 Å². The Kier molecular flexibility index (Phi) is 5.17. The Morgan fingerprint density at radius 3 is 2.60 bits per heavy atom. The maximum Gasteiger partial charge on any atom is 0.125 e. The van der Waals surface area contributed by atoms with Crippen LogP contribution in [0.1, 0.15) is 17.2 Å². The van der Waals surface area contributed by atoms with Crippen LogP contribution in [0.3, 0.4) is 0 Å². The van der Waals surface area contributed by atoms with Crippen molar-refractivity contribution < 1.29 is 4.74 Å². The zero-order chi connectivity index (χ0) is 14.7. The molecule has 0 fully saturated rings. The van der Waals surface area contributed by atoms with Crippen LogP contribution in [0.25, 0.3) is 0 Å². The lowest BCUT2D eigenvalue weighted by atomic mass is 9.99. The summed E-state index contributed by atoms with van der Waals surface area (Å²) < 4.78 is 5.32. The highest BCUT2D eigenvalue weighted by Gasteiger charge is 2.15. The van der Waals surface area contributed by atoms with Gasteiger partial charge in [0, 0.05) is 16.6 Å². The summed E-state index contributed by atoms with van der Waals surface area (Å²) >= 11 is 18.1. The lowest BCUT2D eigenvalue weighted by Gasteiger charge is -2.17. The van der Waals surface area contributed by atoms with Gasteiger partial charge in [-0.3, -0.25) is 0 Å². The lowest BCUT2D eigenvalue weighted by molar-refractivity contribution is 0.405. The first-order valence-corrected chi connectivity index (χ1v) is 7.18. The highest BCUT2D eigenvalue weighted by Crippen LogP contribution is 2.32. The van der Waals surface area contributed by atoms with Gasteiger partial charge in [0.15, 0.2) is 0 Å². The molecule has 2 N–H and O–H groups in total. The first-order valence-electron chi connectivity index (χ1n) is 6.05. The second-order valence-electron chi connectivity index (χ2n) is 4.41. The molecule has 0 heterocycles. The van der Waals surface area contributed by atoms with E-state index in [1.54, 1.807) is 25.3 Å². The van der Waals surface area contributed by atoms with Gasteiger partial charge < -0.3 is 10.5 Å². The standard InChI is InChI=1S/C15H14Cl3NO/c1-20-14-8-10(16)5-6-11(14)13(19)7-9-3-2-4-12(17)15(9)18/h2-6,8,13H,7,19H2,1H3. The van der Waals surface area contributed by atoms with Crippen LogP contribution in [0.2, 0.25) is 15.1 Å². The van der Waals surface area contributed by atoms with Crippen molar-refractivity contribution in [2.45, 2.75) is 12.5 Å². The molecule has 0 aromatic heterocycles. The smallest absolute Gasteiger partial charge is 0.125 e. The fourth-order valence-electron chi connectivity index (χ4n) is 2.04. The van der Waals surface area contributed by atoms with Crippen molar-refractivity contribution in [3.63, 3.8) is 0 Å². The van der Waals surface area contributed by atoms with Crippen molar-refractivity contribution >= 4 is 34.8 Å². The van der Waals surface area contributed by atoms with Crippen LogP contribution in [0, 0.1) is 0 Å². The van der Waals surface area contributed by atoms with Crippen LogP contribution in [0.4, 0.5) is 0 Å². The van der Waals surface area contributed by atoms with Crippen LogP contribution in [-0.4, -0.2) is 7.11 Å². The van der Waals surface area contributed by atoms with Crippen molar-refractivity contribution in [1.29, 1.82) is 0 Å². The number of nitrogens with two attached hydrogens (primary N) is 1. The van der Waals surface area contributed by atoms with Crippen LogP contribution < -0.4 is 10.5 Å². The number of halogens is 3. The van der Waals surface area contributed by atoms with Gasteiger partial charge in [0.25, 0.3) is 0 Å². The minimum atomic E-state index is -0.252. The van der Waals surface area contributed by atoms with Crippen LogP contribution in [0.15, 0.2) is 36.4 Å². The van der Waals surface area contributed by atoms with Gasteiger partial charge in [-0.1, -0.05) is 53.0 Å². The molecule has 0 aliphatic carbocycles. The van der Waals surface area contributed by atoms with E-state index in [2.05, 4.69) is 0 Å². The molecule has 5 heteroatoms. The second-order valence-corrected chi connectivity index (χ2v) is 5.63. The Bertz CT molecular complexity index is 616. The minimum Gasteiger partial charge on any atom is -0.496 e. The molecule has 20 heavy (non-hydrogen) atoms. The van der Waals surface area contributed by atoms with E-state index in [0.717, 1.165) is 11.1 Å². The molecule has 0 saturated heterocycles. The second kappa shape index (κ2) is 6.68. The van der Waals surface area contributed by atoms with E-state index in [1.807, 2.05) is 18.2 Å². The molecule has 0 spiro atoms. The summed E-state index contributed by atoms with van der Waals surface area (Å²) in [6, 6.07) is 10.7. The molecule has 106 valence electrons. The van der Waals surface area contributed by atoms with Gasteiger partial charge in [0.1, 0.15) is 5.75 Å². The van der Waals surface area contributed by atoms with Gasteiger partial charge in [0.2, 0.25) is 0 Å². The minimum absolute atomic E-state index is 0.252. The summed E-state index contributed by atoms with van der Waals surface area (Å²) in [5, 5.41) is 1.68. The maximum absolute atomic E-state index is 6.25. The number of hydrogen-bond donors (Lipinski definition) is 1. The molecule has 0 aliphatic heterocycles. The molecule has 0 radical (unpaired) electrons. The average Bonchev–Trinajstić information content (AvgIpc) is 2.43. The monoisotopic (exact) mass is 329 g/mol. The van der Waals surface area contributed by atoms with Crippen molar-refractivity contribution in [2.75, 3.05) is 7.11 Å². The molecule has 2 aromatic rings. The fourth-order valence-corrected chi connectivity index (χ4v) is 2.60. The first kappa shape index (κ1) is 15.5. The quantitative estimate of drug-likeness (QED) is 0.865. The molecule has 1 atom stereocenters. The molecule has 2 aromatic carbocycles. The number of benzene rings is 2. The Morgan fingerprint density at radius 1 is 1.15 bits per heavy atom. The van der Waals surface area contributed by atoms with Crippen LogP contribution in [-0.2, 0) is 6.42 Å². The topological polar surface area (TPSA) is 35.2 Å². The van der Waals surface area contributed by atoms with Gasteiger partial charge in [-0.2, -0.15) is 0 Å². The van der Waals surface area contributed by atoms with Gasteiger partial charge >= 0.3 is 0 Å². The predicted molar refractivity (Wildman–Crippen MR) is 85.1 cm³/mol. The third-order valence-electron chi connectivity index (χ3n) is 3.07. The number of methoxy groups -OCH3 is 1. The molecular weight excluding hydrogens is 317 g/mol. The first-order chi connectivity index (χ1) is 9.52. The third-order valence-corrected chi connectivity index (χ3v) is 4.16. The van der Waals surface area contributed by atoms with Crippen molar-refractivity contribution in [3.8, 4) is 5.75 Å². The molecule has 0 bridgehead atoms. The fraction of sp³-hybridized carbons (Fsp3) is 0.200. The molecule has 2 rings (SSSR count). The SMILES string of the molecule is COc1cc(Cl)ccc1C(N)Cc1cccc(Cl)c1Cl. The molecule has 0 amide bonds. The van der Waals surface area contributed by atoms with E-state index in [-0.39, 0.29) is 6.04 Å². The number of rotatable bonds is 4. The molecule has 1 unspecified atom stereocenters. The van der Waals surface area contributed by atoms with E-state index in [1.165, 1.54) is 0 Å². The summed E-state index contributed by atoms with van der Waals surface area (Å²) in [7, 11) is 1.59. The van der Waals surface area contributed by atoms with Crippen molar-refractivity contribution in [1.82, 2.24) is 0 Å². The Labute approximate surface area is 133 Å². The predicted octanol–water partition coefficient (Wildman–Crippen LogP) is 4.90.